The van der Waals surface area contributed by atoms with Gasteiger partial charge < -0.3 is 4.74 Å². The molecule has 0 spiro atoms. The van der Waals surface area contributed by atoms with Crippen LogP contribution in [0.5, 0.6) is 0 Å². The minimum absolute atomic E-state index is 0.0894. The summed E-state index contributed by atoms with van der Waals surface area (Å²) in [5.41, 5.74) is 1.23. The van der Waals surface area contributed by atoms with Crippen LogP contribution in [-0.4, -0.2) is 27.9 Å². The maximum absolute atomic E-state index is 12.5. The highest BCUT2D eigenvalue weighted by atomic mass is 35.5. The zero-order valence-electron chi connectivity index (χ0n) is 11.8. The number of benzene rings is 1. The number of nitrogens with zero attached hydrogens (tertiary/aromatic N) is 2. The van der Waals surface area contributed by atoms with Gasteiger partial charge in [0.2, 0.25) is 0 Å². The van der Waals surface area contributed by atoms with Crippen molar-refractivity contribution in [3.05, 3.63) is 46.4 Å². The quantitative estimate of drug-likeness (QED) is 0.881. The van der Waals surface area contributed by atoms with Crippen LogP contribution in [0.2, 0.25) is 0 Å². The summed E-state index contributed by atoms with van der Waals surface area (Å²) in [6, 6.07) is 9.18. The molecule has 0 saturated carbocycles. The summed E-state index contributed by atoms with van der Waals surface area (Å²) < 4.78 is 7.97. The van der Waals surface area contributed by atoms with Crippen molar-refractivity contribution in [2.45, 2.75) is 6.92 Å². The van der Waals surface area contributed by atoms with Crippen LogP contribution in [0.3, 0.4) is 0 Å². The number of hydrogen-bond donors (Lipinski definition) is 1. The Morgan fingerprint density at radius 2 is 2.00 bits per heavy atom. The van der Waals surface area contributed by atoms with E-state index in [9.17, 15) is 9.59 Å². The summed E-state index contributed by atoms with van der Waals surface area (Å²) in [4.78, 5) is 24.0. The van der Waals surface area contributed by atoms with Gasteiger partial charge in [-0.2, -0.15) is 0 Å². The summed E-state index contributed by atoms with van der Waals surface area (Å²) in [6.45, 7) is 1.84. The number of alkyl halides is 1. The first-order valence-corrected chi connectivity index (χ1v) is 6.93. The molecule has 2 rings (SSSR count). The molecule has 0 atom stereocenters. The predicted molar refractivity (Wildman–Crippen MR) is 81.4 cm³/mol. The van der Waals surface area contributed by atoms with Crippen LogP contribution in [0, 0.1) is 6.92 Å². The van der Waals surface area contributed by atoms with Crippen LogP contribution in [-0.2, 0) is 11.8 Å². The number of carbonyl (C=O) groups is 1. The fraction of sp³-hybridized carbons (Fsp3) is 0.286. The minimum atomic E-state index is -0.693. The second kappa shape index (κ2) is 6.49. The molecule has 0 fully saturated rings. The first-order chi connectivity index (χ1) is 10.1. The molecule has 1 N–H and O–H groups in total. The Labute approximate surface area is 126 Å². The van der Waals surface area contributed by atoms with Gasteiger partial charge in [-0.3, -0.25) is 14.8 Å². The number of anilines is 1. The molecule has 1 aromatic carbocycles. The Morgan fingerprint density at radius 1 is 1.33 bits per heavy atom. The molecular weight excluding hydrogens is 294 g/mol. The zero-order valence-corrected chi connectivity index (χ0v) is 12.6. The fourth-order valence-electron chi connectivity index (χ4n) is 1.98. The number of amides is 1. The summed E-state index contributed by atoms with van der Waals surface area (Å²) >= 11 is 5.45. The molecule has 1 aromatic heterocycles. The van der Waals surface area contributed by atoms with Crippen molar-refractivity contribution < 1.29 is 9.53 Å². The highest BCUT2D eigenvalue weighted by molar-refractivity contribution is 6.18. The van der Waals surface area contributed by atoms with Crippen molar-refractivity contribution >= 4 is 23.4 Å². The van der Waals surface area contributed by atoms with Gasteiger partial charge in [-0.05, 0) is 19.1 Å². The van der Waals surface area contributed by atoms with Crippen LogP contribution < -0.4 is 10.9 Å². The normalized spacial score (nSPS) is 10.4. The molecule has 1 amide bonds. The van der Waals surface area contributed by atoms with Crippen molar-refractivity contribution in [2.75, 3.05) is 17.8 Å². The fourth-order valence-corrected chi connectivity index (χ4v) is 2.06. The lowest BCUT2D eigenvalue weighted by atomic mass is 10.3. The van der Waals surface area contributed by atoms with E-state index in [1.165, 1.54) is 4.68 Å². The van der Waals surface area contributed by atoms with Gasteiger partial charge in [0.25, 0.3) is 5.56 Å². The van der Waals surface area contributed by atoms with Crippen LogP contribution >= 0.6 is 11.6 Å². The van der Waals surface area contributed by atoms with Gasteiger partial charge in [0, 0.05) is 7.05 Å². The van der Waals surface area contributed by atoms with Gasteiger partial charge in [0.05, 0.1) is 17.3 Å². The Morgan fingerprint density at radius 3 is 2.62 bits per heavy atom. The second-order valence-corrected chi connectivity index (χ2v) is 4.76. The second-order valence-electron chi connectivity index (χ2n) is 4.39. The first kappa shape index (κ1) is 15.2. The molecule has 2 aromatic rings. The average molecular weight is 310 g/mol. The first-order valence-electron chi connectivity index (χ1n) is 6.40. The lowest BCUT2D eigenvalue weighted by molar-refractivity contribution is 0.168. The van der Waals surface area contributed by atoms with E-state index in [0.717, 1.165) is 5.69 Å². The smallest absolute Gasteiger partial charge is 0.411 e. The Bertz CT molecular complexity index is 691. The molecule has 6 nitrogen and oxygen atoms in total. The number of rotatable bonds is 4. The molecule has 0 radical (unpaired) electrons. The van der Waals surface area contributed by atoms with Crippen LogP contribution in [0.4, 0.5) is 10.5 Å². The number of ether oxygens (including phenoxy) is 1. The van der Waals surface area contributed by atoms with Crippen LogP contribution in [0.15, 0.2) is 35.1 Å². The van der Waals surface area contributed by atoms with Crippen molar-refractivity contribution in [3.63, 3.8) is 0 Å². The van der Waals surface area contributed by atoms with Crippen molar-refractivity contribution in [2.24, 2.45) is 7.05 Å². The number of halogens is 1. The molecule has 0 aliphatic rings. The highest BCUT2D eigenvalue weighted by Gasteiger charge is 2.18. The molecule has 0 bridgehead atoms. The molecule has 0 saturated heterocycles. The molecular formula is C14H16ClN3O3. The predicted octanol–water partition coefficient (Wildman–Crippen LogP) is 2.27. The molecule has 0 aliphatic heterocycles. The standard InChI is InChI=1S/C14H16ClN3O3/c1-10-12(16-14(20)21-9-8-15)13(19)18(17(10)2)11-6-4-3-5-7-11/h3-7H,8-9H2,1-2H3,(H,16,20). The largest absolute Gasteiger partial charge is 0.448 e. The molecule has 7 heteroatoms. The molecule has 1 heterocycles. The van der Waals surface area contributed by atoms with E-state index in [1.54, 1.807) is 18.7 Å². The van der Waals surface area contributed by atoms with Gasteiger partial charge in [-0.25, -0.2) is 9.48 Å². The summed E-state index contributed by atoms with van der Waals surface area (Å²) in [5, 5.41) is 2.47. The third kappa shape index (κ3) is 3.11. The van der Waals surface area contributed by atoms with Crippen LogP contribution in [0.1, 0.15) is 5.69 Å². The monoisotopic (exact) mass is 309 g/mol. The number of hydrogen-bond acceptors (Lipinski definition) is 3. The maximum Gasteiger partial charge on any atom is 0.411 e. The van der Waals surface area contributed by atoms with Crippen molar-refractivity contribution in [3.8, 4) is 5.69 Å². The summed E-state index contributed by atoms with van der Waals surface area (Å²) in [7, 11) is 1.75. The summed E-state index contributed by atoms with van der Waals surface area (Å²) in [5.74, 6) is 0.204. The third-order valence-corrected chi connectivity index (χ3v) is 3.25. The van der Waals surface area contributed by atoms with E-state index in [1.807, 2.05) is 30.3 Å². The van der Waals surface area contributed by atoms with Gasteiger partial charge in [0.15, 0.2) is 0 Å². The number of nitrogens with one attached hydrogen (secondary N) is 1. The van der Waals surface area contributed by atoms with Gasteiger partial charge in [-0.15, -0.1) is 11.6 Å². The number of carbonyl (C=O) groups excluding carboxylic acids is 1. The zero-order chi connectivity index (χ0) is 15.4. The van der Waals surface area contributed by atoms with Crippen molar-refractivity contribution in [1.82, 2.24) is 9.36 Å². The summed E-state index contributed by atoms with van der Waals surface area (Å²) in [6.07, 6.45) is -0.693. The minimum Gasteiger partial charge on any atom is -0.448 e. The van der Waals surface area contributed by atoms with E-state index >= 15 is 0 Å². The van der Waals surface area contributed by atoms with Gasteiger partial charge in [0.1, 0.15) is 12.3 Å². The van der Waals surface area contributed by atoms with E-state index in [2.05, 4.69) is 5.32 Å². The number of para-hydroxylation sites is 1. The molecule has 112 valence electrons. The molecule has 0 aliphatic carbocycles. The third-order valence-electron chi connectivity index (χ3n) is 3.09. The van der Waals surface area contributed by atoms with Crippen LogP contribution in [0.25, 0.3) is 5.69 Å². The topological polar surface area (TPSA) is 65.3 Å². The van der Waals surface area contributed by atoms with Crippen molar-refractivity contribution in [1.29, 1.82) is 0 Å². The lowest BCUT2D eigenvalue weighted by Gasteiger charge is -2.07. The molecule has 21 heavy (non-hydrogen) atoms. The number of aromatic nitrogens is 2. The average Bonchev–Trinajstić information content (AvgIpc) is 2.70. The van der Waals surface area contributed by atoms with Gasteiger partial charge >= 0.3 is 6.09 Å². The van der Waals surface area contributed by atoms with E-state index in [0.29, 0.717) is 5.69 Å². The maximum atomic E-state index is 12.5. The Hall–Kier alpha value is -2.21. The lowest BCUT2D eigenvalue weighted by Crippen LogP contribution is -2.23. The molecule has 0 unspecified atom stereocenters. The Kier molecular flexibility index (Phi) is 4.70. The van der Waals surface area contributed by atoms with Gasteiger partial charge in [-0.1, -0.05) is 18.2 Å². The van der Waals surface area contributed by atoms with E-state index in [-0.39, 0.29) is 23.7 Å². The Balaban J connectivity index is 2.37. The van der Waals surface area contributed by atoms with E-state index in [4.69, 9.17) is 16.3 Å². The highest BCUT2D eigenvalue weighted by Crippen LogP contribution is 2.14. The van der Waals surface area contributed by atoms with E-state index < -0.39 is 6.09 Å². The SMILES string of the molecule is Cc1c(NC(=O)OCCCl)c(=O)n(-c2ccccc2)n1C.